The number of fused-ring (bicyclic) bond motifs is 1. The van der Waals surface area contributed by atoms with Crippen LogP contribution in [0.3, 0.4) is 0 Å². The second-order valence-electron chi connectivity index (χ2n) is 3.91. The summed E-state index contributed by atoms with van der Waals surface area (Å²) >= 11 is 3.45. The fourth-order valence-corrected chi connectivity index (χ4v) is 1.82. The fourth-order valence-electron chi connectivity index (χ4n) is 1.59. The number of aromatic nitrogens is 2. The molecule has 2 heterocycles. The SMILES string of the molecule is CC(Br)CCNC(=O)c1cnn2ccccc12. The number of halogens is 1. The Kier molecular flexibility index (Phi) is 3.78. The van der Waals surface area contributed by atoms with Crippen LogP contribution < -0.4 is 5.32 Å². The molecule has 0 saturated heterocycles. The molecule has 1 atom stereocenters. The third-order valence-electron chi connectivity index (χ3n) is 2.50. The highest BCUT2D eigenvalue weighted by atomic mass is 79.9. The summed E-state index contributed by atoms with van der Waals surface area (Å²) in [5.74, 6) is -0.0700. The molecule has 0 aliphatic carbocycles. The lowest BCUT2D eigenvalue weighted by Gasteiger charge is -2.05. The van der Waals surface area contributed by atoms with E-state index in [2.05, 4.69) is 33.3 Å². The van der Waals surface area contributed by atoms with Gasteiger partial charge >= 0.3 is 0 Å². The molecule has 4 nitrogen and oxygen atoms in total. The molecular weight excluding hydrogens is 282 g/mol. The highest BCUT2D eigenvalue weighted by Crippen LogP contribution is 2.09. The molecule has 2 rings (SSSR count). The zero-order valence-electron chi connectivity index (χ0n) is 9.56. The molecule has 17 heavy (non-hydrogen) atoms. The van der Waals surface area contributed by atoms with E-state index < -0.39 is 0 Å². The Hall–Kier alpha value is -1.36. The second kappa shape index (κ2) is 5.31. The van der Waals surface area contributed by atoms with Gasteiger partial charge in [0.1, 0.15) is 0 Å². The number of nitrogens with one attached hydrogen (secondary N) is 1. The quantitative estimate of drug-likeness (QED) is 0.880. The van der Waals surface area contributed by atoms with E-state index in [-0.39, 0.29) is 5.91 Å². The molecule has 2 aromatic rings. The summed E-state index contributed by atoms with van der Waals surface area (Å²) in [6, 6.07) is 5.66. The van der Waals surface area contributed by atoms with E-state index in [0.717, 1.165) is 11.9 Å². The Bertz CT molecular complexity index is 521. The van der Waals surface area contributed by atoms with Crippen LogP contribution in [0.5, 0.6) is 0 Å². The van der Waals surface area contributed by atoms with Crippen molar-refractivity contribution >= 4 is 27.4 Å². The number of pyridine rings is 1. The van der Waals surface area contributed by atoms with Crippen LogP contribution in [0.4, 0.5) is 0 Å². The second-order valence-corrected chi connectivity index (χ2v) is 5.48. The fraction of sp³-hybridized carbons (Fsp3) is 0.333. The smallest absolute Gasteiger partial charge is 0.255 e. The van der Waals surface area contributed by atoms with Gasteiger partial charge in [-0.2, -0.15) is 5.10 Å². The van der Waals surface area contributed by atoms with E-state index in [1.807, 2.05) is 24.4 Å². The highest BCUT2D eigenvalue weighted by Gasteiger charge is 2.11. The number of carbonyl (C=O) groups is 1. The van der Waals surface area contributed by atoms with E-state index in [9.17, 15) is 4.79 Å². The van der Waals surface area contributed by atoms with Crippen LogP contribution in [-0.2, 0) is 0 Å². The number of hydrogen-bond acceptors (Lipinski definition) is 2. The van der Waals surface area contributed by atoms with Crippen molar-refractivity contribution in [1.29, 1.82) is 0 Å². The van der Waals surface area contributed by atoms with Crippen molar-refractivity contribution in [2.75, 3.05) is 6.54 Å². The highest BCUT2D eigenvalue weighted by molar-refractivity contribution is 9.09. The molecule has 0 saturated carbocycles. The molecule has 0 spiro atoms. The van der Waals surface area contributed by atoms with E-state index in [4.69, 9.17) is 0 Å². The van der Waals surface area contributed by atoms with Gasteiger partial charge in [0.15, 0.2) is 0 Å². The van der Waals surface area contributed by atoms with Gasteiger partial charge in [-0.25, -0.2) is 4.52 Å². The molecule has 1 N–H and O–H groups in total. The summed E-state index contributed by atoms with van der Waals surface area (Å²) in [6.07, 6.45) is 4.33. The van der Waals surface area contributed by atoms with Crippen molar-refractivity contribution in [2.24, 2.45) is 0 Å². The van der Waals surface area contributed by atoms with Gasteiger partial charge in [0.25, 0.3) is 5.91 Å². The third-order valence-corrected chi connectivity index (χ3v) is 2.96. The van der Waals surface area contributed by atoms with Crippen LogP contribution in [0.1, 0.15) is 23.7 Å². The summed E-state index contributed by atoms with van der Waals surface area (Å²) in [5.41, 5.74) is 1.45. The predicted octanol–water partition coefficient (Wildman–Crippen LogP) is 2.24. The average molecular weight is 296 g/mol. The van der Waals surface area contributed by atoms with Gasteiger partial charge in [0, 0.05) is 17.6 Å². The van der Waals surface area contributed by atoms with Gasteiger partial charge in [0.2, 0.25) is 0 Å². The third kappa shape index (κ3) is 2.85. The number of nitrogens with zero attached hydrogens (tertiary/aromatic N) is 2. The van der Waals surface area contributed by atoms with Crippen LogP contribution >= 0.6 is 15.9 Å². The number of rotatable bonds is 4. The van der Waals surface area contributed by atoms with Gasteiger partial charge < -0.3 is 5.32 Å². The minimum absolute atomic E-state index is 0.0700. The zero-order valence-corrected chi connectivity index (χ0v) is 11.1. The van der Waals surface area contributed by atoms with Crippen LogP contribution in [-0.4, -0.2) is 26.9 Å². The van der Waals surface area contributed by atoms with E-state index in [0.29, 0.717) is 16.9 Å². The molecular formula is C12H14BrN3O. The molecule has 0 aromatic carbocycles. The van der Waals surface area contributed by atoms with Crippen LogP contribution in [0, 0.1) is 0 Å². The topological polar surface area (TPSA) is 46.4 Å². The lowest BCUT2D eigenvalue weighted by molar-refractivity contribution is 0.0955. The largest absolute Gasteiger partial charge is 0.352 e. The van der Waals surface area contributed by atoms with Crippen molar-refractivity contribution in [2.45, 2.75) is 18.2 Å². The van der Waals surface area contributed by atoms with Crippen molar-refractivity contribution in [1.82, 2.24) is 14.9 Å². The molecule has 1 unspecified atom stereocenters. The first-order chi connectivity index (χ1) is 8.18. The number of hydrogen-bond donors (Lipinski definition) is 1. The number of alkyl halides is 1. The standard InChI is InChI=1S/C12H14BrN3O/c1-9(13)5-6-14-12(17)10-8-15-16-7-3-2-4-11(10)16/h2-4,7-9H,5-6H2,1H3,(H,14,17). The summed E-state index contributed by atoms with van der Waals surface area (Å²) in [6.45, 7) is 2.72. The normalized spacial score (nSPS) is 12.6. The van der Waals surface area contributed by atoms with Gasteiger partial charge in [0.05, 0.1) is 17.3 Å². The van der Waals surface area contributed by atoms with Crippen LogP contribution in [0.25, 0.3) is 5.52 Å². The molecule has 0 bridgehead atoms. The summed E-state index contributed by atoms with van der Waals surface area (Å²) < 4.78 is 1.70. The Morgan fingerprint density at radius 2 is 2.41 bits per heavy atom. The van der Waals surface area contributed by atoms with Gasteiger partial charge in [-0.05, 0) is 18.6 Å². The Morgan fingerprint density at radius 3 is 3.18 bits per heavy atom. The first kappa shape index (κ1) is 12.1. The van der Waals surface area contributed by atoms with Crippen molar-refractivity contribution < 1.29 is 4.79 Å². The average Bonchev–Trinajstić information content (AvgIpc) is 2.72. The van der Waals surface area contributed by atoms with Gasteiger partial charge in [-0.1, -0.05) is 28.9 Å². The lowest BCUT2D eigenvalue weighted by Crippen LogP contribution is -2.25. The van der Waals surface area contributed by atoms with Crippen molar-refractivity contribution in [3.8, 4) is 0 Å². The van der Waals surface area contributed by atoms with Crippen LogP contribution in [0.15, 0.2) is 30.6 Å². The Balaban J connectivity index is 2.09. The molecule has 1 amide bonds. The van der Waals surface area contributed by atoms with E-state index in [1.165, 1.54) is 0 Å². The lowest BCUT2D eigenvalue weighted by atomic mass is 10.2. The number of carbonyl (C=O) groups excluding carboxylic acids is 1. The maximum atomic E-state index is 11.9. The molecule has 5 heteroatoms. The van der Waals surface area contributed by atoms with Crippen LogP contribution in [0.2, 0.25) is 0 Å². The van der Waals surface area contributed by atoms with Gasteiger partial charge in [-0.3, -0.25) is 4.79 Å². The molecule has 2 aromatic heterocycles. The summed E-state index contributed by atoms with van der Waals surface area (Å²) in [7, 11) is 0. The minimum Gasteiger partial charge on any atom is -0.352 e. The molecule has 90 valence electrons. The van der Waals surface area contributed by atoms with E-state index in [1.54, 1.807) is 10.7 Å². The molecule has 0 aliphatic rings. The van der Waals surface area contributed by atoms with Crippen molar-refractivity contribution in [3.63, 3.8) is 0 Å². The first-order valence-corrected chi connectivity index (χ1v) is 6.44. The minimum atomic E-state index is -0.0700. The van der Waals surface area contributed by atoms with Crippen molar-refractivity contribution in [3.05, 3.63) is 36.2 Å². The molecule has 0 aliphatic heterocycles. The first-order valence-electron chi connectivity index (χ1n) is 5.53. The predicted molar refractivity (Wildman–Crippen MR) is 70.5 cm³/mol. The summed E-state index contributed by atoms with van der Waals surface area (Å²) in [5, 5.41) is 7.02. The zero-order chi connectivity index (χ0) is 12.3. The number of amides is 1. The maximum Gasteiger partial charge on any atom is 0.255 e. The molecule has 0 fully saturated rings. The summed E-state index contributed by atoms with van der Waals surface area (Å²) in [4.78, 5) is 12.3. The maximum absolute atomic E-state index is 11.9. The molecule has 0 radical (unpaired) electrons. The van der Waals surface area contributed by atoms with E-state index >= 15 is 0 Å². The Morgan fingerprint density at radius 1 is 1.59 bits per heavy atom. The Labute approximate surface area is 108 Å². The van der Waals surface area contributed by atoms with Gasteiger partial charge in [-0.15, -0.1) is 0 Å². The monoisotopic (exact) mass is 295 g/mol.